The molecule has 2 rings (SSSR count). The van der Waals surface area contributed by atoms with E-state index in [1.807, 2.05) is 18.2 Å². The van der Waals surface area contributed by atoms with Gasteiger partial charge in [-0.05, 0) is 30.5 Å². The number of aromatic amines is 2. The van der Waals surface area contributed by atoms with Gasteiger partial charge in [0.05, 0.1) is 11.0 Å². The van der Waals surface area contributed by atoms with Crippen molar-refractivity contribution in [3.63, 3.8) is 0 Å². The molecule has 0 unspecified atom stereocenters. The highest BCUT2D eigenvalue weighted by molar-refractivity contribution is 7.80. The summed E-state index contributed by atoms with van der Waals surface area (Å²) in [5.74, 6) is 0.716. The van der Waals surface area contributed by atoms with Crippen LogP contribution in [0.4, 0.5) is 0 Å². The fourth-order valence-electron chi connectivity index (χ4n) is 1.97. The summed E-state index contributed by atoms with van der Waals surface area (Å²) in [5.41, 5.74) is 2.53. The number of imidazole rings is 1. The highest BCUT2D eigenvalue weighted by Gasteiger charge is 2.03. The fourth-order valence-corrected chi connectivity index (χ4v) is 2.08. The zero-order chi connectivity index (χ0) is 13.7. The van der Waals surface area contributed by atoms with Crippen molar-refractivity contribution in [3.05, 3.63) is 34.2 Å². The molecule has 0 aliphatic carbocycles. The molecule has 1 heterocycles. The van der Waals surface area contributed by atoms with Gasteiger partial charge < -0.3 is 15.3 Å². The summed E-state index contributed by atoms with van der Waals surface area (Å²) in [6.07, 6.45) is 2.12. The third kappa shape index (κ3) is 3.89. The molecular formula is C13H17N3O2S. The summed E-state index contributed by atoms with van der Waals surface area (Å²) in [5, 5.41) is 2.78. The number of nitrogens with one attached hydrogen (secondary N) is 3. The number of aromatic nitrogens is 2. The van der Waals surface area contributed by atoms with Gasteiger partial charge in [-0.1, -0.05) is 6.07 Å². The van der Waals surface area contributed by atoms with Gasteiger partial charge >= 0.3 is 5.69 Å². The minimum absolute atomic E-state index is 0.0604. The maximum Gasteiger partial charge on any atom is 0.323 e. The van der Waals surface area contributed by atoms with Crippen molar-refractivity contribution < 1.29 is 4.79 Å². The van der Waals surface area contributed by atoms with E-state index in [-0.39, 0.29) is 11.6 Å². The van der Waals surface area contributed by atoms with Crippen molar-refractivity contribution >= 4 is 29.6 Å². The molecule has 0 fully saturated rings. The molecule has 0 atom stereocenters. The monoisotopic (exact) mass is 279 g/mol. The zero-order valence-corrected chi connectivity index (χ0v) is 11.4. The summed E-state index contributed by atoms with van der Waals surface area (Å²) >= 11 is 4.03. The third-order valence-corrected chi connectivity index (χ3v) is 3.11. The van der Waals surface area contributed by atoms with Crippen LogP contribution in [0.3, 0.4) is 0 Å². The van der Waals surface area contributed by atoms with E-state index in [9.17, 15) is 9.59 Å². The molecule has 5 nitrogen and oxygen atoms in total. The molecule has 3 N–H and O–H groups in total. The number of aryl methyl sites for hydroxylation is 1. The Bertz CT molecular complexity index is 618. The van der Waals surface area contributed by atoms with E-state index >= 15 is 0 Å². The Labute approximate surface area is 116 Å². The Morgan fingerprint density at radius 2 is 2.05 bits per heavy atom. The first kappa shape index (κ1) is 13.7. The van der Waals surface area contributed by atoms with Crippen LogP contribution in [0.2, 0.25) is 0 Å². The van der Waals surface area contributed by atoms with Crippen molar-refractivity contribution in [2.24, 2.45) is 0 Å². The van der Waals surface area contributed by atoms with E-state index in [0.717, 1.165) is 29.4 Å². The molecule has 0 saturated carbocycles. The van der Waals surface area contributed by atoms with Gasteiger partial charge in [0.25, 0.3) is 0 Å². The van der Waals surface area contributed by atoms with Crippen molar-refractivity contribution in [1.29, 1.82) is 0 Å². The van der Waals surface area contributed by atoms with Gasteiger partial charge in [0.2, 0.25) is 5.91 Å². The molecule has 2 aromatic rings. The number of H-pyrrole nitrogens is 2. The smallest absolute Gasteiger partial charge is 0.323 e. The van der Waals surface area contributed by atoms with Crippen LogP contribution in [0.15, 0.2) is 23.0 Å². The molecule has 0 radical (unpaired) electrons. The molecule has 102 valence electrons. The van der Waals surface area contributed by atoms with Gasteiger partial charge in [-0.25, -0.2) is 4.79 Å². The van der Waals surface area contributed by atoms with Crippen LogP contribution in [-0.4, -0.2) is 28.2 Å². The van der Waals surface area contributed by atoms with Gasteiger partial charge in [0, 0.05) is 18.7 Å². The second kappa shape index (κ2) is 6.47. The summed E-state index contributed by atoms with van der Waals surface area (Å²) in [6, 6.07) is 5.79. The van der Waals surface area contributed by atoms with Crippen LogP contribution >= 0.6 is 12.6 Å². The van der Waals surface area contributed by atoms with Crippen LogP contribution in [0, 0.1) is 0 Å². The molecule has 1 aromatic heterocycles. The first-order chi connectivity index (χ1) is 9.19. The number of thiol groups is 1. The number of hydrogen-bond donors (Lipinski definition) is 4. The molecule has 19 heavy (non-hydrogen) atoms. The minimum Gasteiger partial charge on any atom is -0.355 e. The first-order valence-electron chi connectivity index (χ1n) is 6.27. The van der Waals surface area contributed by atoms with Gasteiger partial charge in [0.1, 0.15) is 0 Å². The number of fused-ring (bicyclic) bond motifs is 1. The van der Waals surface area contributed by atoms with Crippen LogP contribution in [0.5, 0.6) is 0 Å². The van der Waals surface area contributed by atoms with E-state index in [2.05, 4.69) is 27.9 Å². The Kier molecular flexibility index (Phi) is 4.68. The lowest BCUT2D eigenvalue weighted by Crippen LogP contribution is -2.24. The topological polar surface area (TPSA) is 77.8 Å². The summed E-state index contributed by atoms with van der Waals surface area (Å²) < 4.78 is 0. The highest BCUT2D eigenvalue weighted by Crippen LogP contribution is 2.12. The van der Waals surface area contributed by atoms with Crippen molar-refractivity contribution in [3.8, 4) is 0 Å². The zero-order valence-electron chi connectivity index (χ0n) is 10.5. The number of amides is 1. The summed E-state index contributed by atoms with van der Waals surface area (Å²) in [7, 11) is 0. The SMILES string of the molecule is O=C(CCCc1ccc2[nH]c(=O)[nH]c2c1)NCCS. The molecule has 0 aliphatic rings. The fraction of sp³-hybridized carbons (Fsp3) is 0.385. The lowest BCUT2D eigenvalue weighted by Gasteiger charge is -2.03. The molecule has 0 saturated heterocycles. The van der Waals surface area contributed by atoms with Gasteiger partial charge in [-0.15, -0.1) is 0 Å². The normalized spacial score (nSPS) is 10.8. The quantitative estimate of drug-likeness (QED) is 0.600. The maximum atomic E-state index is 11.4. The number of benzene rings is 1. The van der Waals surface area contributed by atoms with E-state index in [1.54, 1.807) is 0 Å². The lowest BCUT2D eigenvalue weighted by atomic mass is 10.1. The third-order valence-electron chi connectivity index (χ3n) is 2.88. The second-order valence-electron chi connectivity index (χ2n) is 4.39. The molecule has 0 spiro atoms. The number of carbonyl (C=O) groups excluding carboxylic acids is 1. The van der Waals surface area contributed by atoms with E-state index in [4.69, 9.17) is 0 Å². The van der Waals surface area contributed by atoms with Gasteiger partial charge in [0.15, 0.2) is 0 Å². The predicted octanol–water partition coefficient (Wildman–Crippen LogP) is 1.22. The minimum atomic E-state index is -0.196. The Balaban J connectivity index is 1.87. The molecule has 1 aromatic carbocycles. The number of carbonyl (C=O) groups is 1. The first-order valence-corrected chi connectivity index (χ1v) is 6.91. The second-order valence-corrected chi connectivity index (χ2v) is 4.83. The van der Waals surface area contributed by atoms with Crippen LogP contribution in [-0.2, 0) is 11.2 Å². The number of hydrogen-bond acceptors (Lipinski definition) is 3. The van der Waals surface area contributed by atoms with Crippen molar-refractivity contribution in [1.82, 2.24) is 15.3 Å². The predicted molar refractivity (Wildman–Crippen MR) is 78.7 cm³/mol. The average Bonchev–Trinajstić information content (AvgIpc) is 2.75. The molecule has 6 heteroatoms. The highest BCUT2D eigenvalue weighted by atomic mass is 32.1. The maximum absolute atomic E-state index is 11.4. The van der Waals surface area contributed by atoms with E-state index in [0.29, 0.717) is 18.7 Å². The van der Waals surface area contributed by atoms with E-state index < -0.39 is 0 Å². The Hall–Kier alpha value is -1.69. The molecule has 1 amide bonds. The van der Waals surface area contributed by atoms with Crippen LogP contribution in [0.1, 0.15) is 18.4 Å². The van der Waals surface area contributed by atoms with Gasteiger partial charge in [-0.2, -0.15) is 12.6 Å². The molecule has 0 aliphatic heterocycles. The summed E-state index contributed by atoms with van der Waals surface area (Å²) in [6.45, 7) is 0.610. The van der Waals surface area contributed by atoms with E-state index in [1.165, 1.54) is 0 Å². The Morgan fingerprint density at radius 3 is 2.84 bits per heavy atom. The average molecular weight is 279 g/mol. The lowest BCUT2D eigenvalue weighted by molar-refractivity contribution is -0.121. The van der Waals surface area contributed by atoms with Crippen LogP contribution < -0.4 is 11.0 Å². The van der Waals surface area contributed by atoms with Crippen molar-refractivity contribution in [2.45, 2.75) is 19.3 Å². The molecular weight excluding hydrogens is 262 g/mol. The standard InChI is InChI=1S/C13H17N3O2S/c17-12(14-6-7-19)3-1-2-9-4-5-10-11(8-9)16-13(18)15-10/h4-5,8,19H,1-3,6-7H2,(H,14,17)(H2,15,16,18). The molecule has 0 bridgehead atoms. The Morgan fingerprint density at radius 1 is 1.26 bits per heavy atom. The number of rotatable bonds is 6. The van der Waals surface area contributed by atoms with Crippen molar-refractivity contribution in [2.75, 3.05) is 12.3 Å². The largest absolute Gasteiger partial charge is 0.355 e. The van der Waals surface area contributed by atoms with Crippen LogP contribution in [0.25, 0.3) is 11.0 Å². The summed E-state index contributed by atoms with van der Waals surface area (Å²) in [4.78, 5) is 28.0. The van der Waals surface area contributed by atoms with Gasteiger partial charge in [-0.3, -0.25) is 4.79 Å².